The van der Waals surface area contributed by atoms with Crippen molar-refractivity contribution in [1.82, 2.24) is 15.1 Å². The van der Waals surface area contributed by atoms with Crippen molar-refractivity contribution in [3.8, 4) is 0 Å². The summed E-state index contributed by atoms with van der Waals surface area (Å²) in [5.74, 6) is 1.63. The van der Waals surface area contributed by atoms with Crippen LogP contribution in [-0.2, 0) is 9.59 Å². The largest absolute Gasteiger partial charge is 0.341 e. The number of nitrogens with zero attached hydrogens (tertiary/aromatic N) is 2. The van der Waals surface area contributed by atoms with Crippen molar-refractivity contribution in [2.24, 2.45) is 5.92 Å². The molecule has 0 aliphatic carbocycles. The van der Waals surface area contributed by atoms with Crippen LogP contribution < -0.4 is 5.32 Å². The molecular weight excluding hydrogens is 290 g/mol. The molecule has 7 heteroatoms. The first-order valence-electron chi connectivity index (χ1n) is 7.51. The topological polar surface area (TPSA) is 69.7 Å². The molecule has 0 saturated carbocycles. The predicted molar refractivity (Wildman–Crippen MR) is 79.9 cm³/mol. The number of likely N-dealkylation sites (tertiary alicyclic amines) is 1. The van der Waals surface area contributed by atoms with Crippen LogP contribution >= 0.6 is 11.8 Å². The van der Waals surface area contributed by atoms with Gasteiger partial charge in [0.2, 0.25) is 5.91 Å². The van der Waals surface area contributed by atoms with Gasteiger partial charge in [-0.25, -0.2) is 4.79 Å². The van der Waals surface area contributed by atoms with E-state index in [1.54, 1.807) is 16.7 Å². The summed E-state index contributed by atoms with van der Waals surface area (Å²) in [7, 11) is 0. The van der Waals surface area contributed by atoms with Crippen molar-refractivity contribution in [3.63, 3.8) is 0 Å². The Labute approximate surface area is 128 Å². The molecule has 1 N–H and O–H groups in total. The van der Waals surface area contributed by atoms with Gasteiger partial charge in [-0.05, 0) is 30.9 Å². The van der Waals surface area contributed by atoms with E-state index in [2.05, 4.69) is 12.2 Å². The van der Waals surface area contributed by atoms with Crippen LogP contribution in [-0.4, -0.2) is 64.3 Å². The third-order valence-electron chi connectivity index (χ3n) is 4.57. The average molecular weight is 311 g/mol. The minimum Gasteiger partial charge on any atom is -0.341 e. The number of carbonyl (C=O) groups excluding carboxylic acids is 3. The molecule has 6 nitrogen and oxygen atoms in total. The average Bonchev–Trinajstić information content (AvgIpc) is 3.00. The molecule has 3 heterocycles. The second kappa shape index (κ2) is 5.51. The molecule has 3 saturated heterocycles. The summed E-state index contributed by atoms with van der Waals surface area (Å²) < 4.78 is 0. The molecule has 0 unspecified atom stereocenters. The monoisotopic (exact) mass is 311 g/mol. The highest BCUT2D eigenvalue weighted by atomic mass is 32.2. The number of hydrogen-bond acceptors (Lipinski definition) is 4. The Morgan fingerprint density at radius 2 is 2.29 bits per heavy atom. The van der Waals surface area contributed by atoms with Crippen molar-refractivity contribution in [2.45, 2.75) is 31.7 Å². The third kappa shape index (κ3) is 2.63. The fourth-order valence-corrected chi connectivity index (χ4v) is 4.63. The van der Waals surface area contributed by atoms with Crippen LogP contribution in [0.5, 0.6) is 0 Å². The molecule has 0 aromatic rings. The van der Waals surface area contributed by atoms with Gasteiger partial charge in [-0.2, -0.15) is 11.8 Å². The van der Waals surface area contributed by atoms with E-state index in [-0.39, 0.29) is 18.4 Å². The summed E-state index contributed by atoms with van der Waals surface area (Å²) in [4.78, 5) is 39.7. The minimum absolute atomic E-state index is 0.118. The molecule has 4 amide bonds. The summed E-state index contributed by atoms with van der Waals surface area (Å²) in [6.07, 6.45) is 2.79. The van der Waals surface area contributed by atoms with E-state index in [0.29, 0.717) is 18.1 Å². The molecule has 3 fully saturated rings. The first-order valence-corrected chi connectivity index (χ1v) is 8.67. The van der Waals surface area contributed by atoms with E-state index >= 15 is 0 Å². The first kappa shape index (κ1) is 14.7. The van der Waals surface area contributed by atoms with E-state index < -0.39 is 11.6 Å². The summed E-state index contributed by atoms with van der Waals surface area (Å²) in [6.45, 7) is 3.46. The Hall–Kier alpha value is -1.24. The van der Waals surface area contributed by atoms with Gasteiger partial charge in [0.25, 0.3) is 5.91 Å². The van der Waals surface area contributed by atoms with Crippen LogP contribution in [0, 0.1) is 5.92 Å². The zero-order chi connectivity index (χ0) is 15.0. The lowest BCUT2D eigenvalue weighted by molar-refractivity contribution is -0.139. The SMILES string of the molecule is C[C@@H]1CCCN(C(=O)CN2C(=O)N[C@]3(CCSC3)C2=O)C1. The Morgan fingerprint density at radius 3 is 2.95 bits per heavy atom. The number of piperidine rings is 1. The molecule has 3 aliphatic heterocycles. The fourth-order valence-electron chi connectivity index (χ4n) is 3.30. The lowest BCUT2D eigenvalue weighted by Crippen LogP contribution is -2.49. The molecule has 3 aliphatic rings. The van der Waals surface area contributed by atoms with Crippen molar-refractivity contribution < 1.29 is 14.4 Å². The van der Waals surface area contributed by atoms with Crippen LogP contribution in [0.2, 0.25) is 0 Å². The standard InChI is InChI=1S/C14H21N3O3S/c1-10-3-2-5-16(7-10)11(18)8-17-12(19)14(15-13(17)20)4-6-21-9-14/h10H,2-9H2,1H3,(H,15,20)/t10-,14+/m1/s1. The predicted octanol–water partition coefficient (Wildman–Crippen LogP) is 0.672. The Morgan fingerprint density at radius 1 is 1.48 bits per heavy atom. The van der Waals surface area contributed by atoms with Gasteiger partial charge in [0.05, 0.1) is 0 Å². The Balaban J connectivity index is 1.65. The van der Waals surface area contributed by atoms with Gasteiger partial charge in [0.15, 0.2) is 0 Å². The van der Waals surface area contributed by atoms with E-state index in [0.717, 1.165) is 36.6 Å². The molecule has 3 rings (SSSR count). The van der Waals surface area contributed by atoms with Crippen molar-refractivity contribution in [2.75, 3.05) is 31.1 Å². The Kier molecular flexibility index (Phi) is 3.86. The zero-order valence-corrected chi connectivity index (χ0v) is 13.1. The van der Waals surface area contributed by atoms with Crippen LogP contribution in [0.25, 0.3) is 0 Å². The molecule has 0 radical (unpaired) electrons. The summed E-state index contributed by atoms with van der Waals surface area (Å²) >= 11 is 1.67. The van der Waals surface area contributed by atoms with E-state index in [9.17, 15) is 14.4 Å². The first-order chi connectivity index (χ1) is 10.0. The van der Waals surface area contributed by atoms with Crippen LogP contribution in [0.3, 0.4) is 0 Å². The molecule has 116 valence electrons. The lowest BCUT2D eigenvalue weighted by atomic mass is 9.99. The highest BCUT2D eigenvalue weighted by Crippen LogP contribution is 2.33. The van der Waals surface area contributed by atoms with Gasteiger partial charge in [0, 0.05) is 18.8 Å². The molecule has 1 spiro atoms. The normalized spacial score (nSPS) is 32.9. The Bertz CT molecular complexity index is 476. The molecule has 0 aromatic heterocycles. The van der Waals surface area contributed by atoms with E-state index in [4.69, 9.17) is 0 Å². The second-order valence-corrected chi connectivity index (χ2v) is 7.40. The molecule has 21 heavy (non-hydrogen) atoms. The van der Waals surface area contributed by atoms with Gasteiger partial charge in [-0.1, -0.05) is 6.92 Å². The number of nitrogens with one attached hydrogen (secondary N) is 1. The number of urea groups is 1. The fraction of sp³-hybridized carbons (Fsp3) is 0.786. The number of hydrogen-bond donors (Lipinski definition) is 1. The smallest absolute Gasteiger partial charge is 0.325 e. The summed E-state index contributed by atoms with van der Waals surface area (Å²) in [6, 6.07) is -0.416. The quantitative estimate of drug-likeness (QED) is 0.761. The van der Waals surface area contributed by atoms with Gasteiger partial charge in [-0.15, -0.1) is 0 Å². The van der Waals surface area contributed by atoms with Gasteiger partial charge < -0.3 is 10.2 Å². The van der Waals surface area contributed by atoms with Crippen molar-refractivity contribution in [3.05, 3.63) is 0 Å². The molecule has 2 atom stereocenters. The maximum absolute atomic E-state index is 12.5. The van der Waals surface area contributed by atoms with Crippen molar-refractivity contribution in [1.29, 1.82) is 0 Å². The van der Waals surface area contributed by atoms with Gasteiger partial charge in [0.1, 0.15) is 12.1 Å². The van der Waals surface area contributed by atoms with E-state index in [1.165, 1.54) is 0 Å². The maximum Gasteiger partial charge on any atom is 0.325 e. The number of amides is 4. The summed E-state index contributed by atoms with van der Waals surface area (Å²) in [5.41, 5.74) is -0.753. The highest BCUT2D eigenvalue weighted by Gasteiger charge is 2.53. The lowest BCUT2D eigenvalue weighted by Gasteiger charge is -2.31. The number of rotatable bonds is 2. The molecular formula is C14H21N3O3S. The van der Waals surface area contributed by atoms with Gasteiger partial charge >= 0.3 is 6.03 Å². The number of thioether (sulfide) groups is 1. The van der Waals surface area contributed by atoms with E-state index in [1.807, 2.05) is 0 Å². The molecule has 0 aromatic carbocycles. The highest BCUT2D eigenvalue weighted by molar-refractivity contribution is 7.99. The van der Waals surface area contributed by atoms with Crippen LogP contribution in [0.15, 0.2) is 0 Å². The minimum atomic E-state index is -0.753. The summed E-state index contributed by atoms with van der Waals surface area (Å²) in [5, 5.41) is 2.79. The van der Waals surface area contributed by atoms with Crippen molar-refractivity contribution >= 4 is 29.6 Å². The number of imide groups is 1. The number of carbonyl (C=O) groups is 3. The van der Waals surface area contributed by atoms with Gasteiger partial charge in [-0.3, -0.25) is 14.5 Å². The maximum atomic E-state index is 12.5. The molecule has 0 bridgehead atoms. The third-order valence-corrected chi connectivity index (χ3v) is 5.76. The second-order valence-electron chi connectivity index (χ2n) is 6.29. The zero-order valence-electron chi connectivity index (χ0n) is 12.3. The van der Waals surface area contributed by atoms with Crippen LogP contribution in [0.1, 0.15) is 26.2 Å². The van der Waals surface area contributed by atoms with Crippen LogP contribution in [0.4, 0.5) is 4.79 Å².